The lowest BCUT2D eigenvalue weighted by Gasteiger charge is -2.20. The summed E-state index contributed by atoms with van der Waals surface area (Å²) in [5.41, 5.74) is 1.61. The number of ether oxygens (including phenoxy) is 1. The van der Waals surface area contributed by atoms with E-state index >= 15 is 0 Å². The van der Waals surface area contributed by atoms with Crippen LogP contribution in [0.5, 0.6) is 0 Å². The van der Waals surface area contributed by atoms with E-state index in [0.717, 1.165) is 5.57 Å². The van der Waals surface area contributed by atoms with Crippen LogP contribution in [0.25, 0.3) is 0 Å². The van der Waals surface area contributed by atoms with Crippen molar-refractivity contribution in [2.45, 2.75) is 12.5 Å². The van der Waals surface area contributed by atoms with E-state index in [1.807, 2.05) is 23.1 Å². The molecule has 0 saturated carbocycles. The van der Waals surface area contributed by atoms with E-state index in [9.17, 15) is 9.59 Å². The highest BCUT2D eigenvalue weighted by Gasteiger charge is 2.34. The number of rotatable bonds is 4. The summed E-state index contributed by atoms with van der Waals surface area (Å²) < 4.78 is 4.77. The van der Waals surface area contributed by atoms with Gasteiger partial charge in [0.1, 0.15) is 6.04 Å². The summed E-state index contributed by atoms with van der Waals surface area (Å²) in [4.78, 5) is 25.6. The number of likely N-dealkylation sites (tertiary alicyclic amines) is 1. The number of hydrogen-bond acceptors (Lipinski definition) is 4. The minimum atomic E-state index is -0.384. The third-order valence-corrected chi connectivity index (χ3v) is 3.27. The van der Waals surface area contributed by atoms with E-state index in [2.05, 4.69) is 6.58 Å². The van der Waals surface area contributed by atoms with Gasteiger partial charge in [-0.2, -0.15) is 0 Å². The minimum absolute atomic E-state index is 0.00389. The molecule has 1 aliphatic heterocycles. The average molecular weight is 259 g/mol. The van der Waals surface area contributed by atoms with Crippen LogP contribution >= 0.6 is 0 Å². The van der Waals surface area contributed by atoms with Gasteiger partial charge < -0.3 is 4.74 Å². The molecule has 4 nitrogen and oxygen atoms in total. The smallest absolute Gasteiger partial charge is 0.323 e. The lowest BCUT2D eigenvalue weighted by Crippen LogP contribution is -2.40. The number of esters is 1. The Labute approximate surface area is 112 Å². The summed E-state index contributed by atoms with van der Waals surface area (Å²) in [6.45, 7) is 4.67. The van der Waals surface area contributed by atoms with Gasteiger partial charge in [-0.1, -0.05) is 42.5 Å². The van der Waals surface area contributed by atoms with E-state index in [1.54, 1.807) is 12.1 Å². The number of hydrogen-bond donors (Lipinski definition) is 0. The van der Waals surface area contributed by atoms with Crippen molar-refractivity contribution >= 4 is 11.8 Å². The van der Waals surface area contributed by atoms with Gasteiger partial charge in [-0.25, -0.2) is 0 Å². The second kappa shape index (κ2) is 5.80. The van der Waals surface area contributed by atoms with E-state index in [1.165, 1.54) is 7.11 Å². The topological polar surface area (TPSA) is 46.6 Å². The van der Waals surface area contributed by atoms with Crippen molar-refractivity contribution in [3.8, 4) is 0 Å². The Morgan fingerprint density at radius 3 is 2.68 bits per heavy atom. The molecule has 0 unspecified atom stereocenters. The summed E-state index contributed by atoms with van der Waals surface area (Å²) in [7, 11) is 1.36. The third kappa shape index (κ3) is 3.09. The standard InChI is InChI=1S/C15H17NO3/c1-11-8-13(15(18)19-2)16(9-11)10-14(17)12-6-4-3-5-7-12/h3-7,13H,1,8-10H2,2H3/t13-/m0/s1. The highest BCUT2D eigenvalue weighted by Crippen LogP contribution is 2.22. The Morgan fingerprint density at radius 2 is 2.05 bits per heavy atom. The van der Waals surface area contributed by atoms with Gasteiger partial charge in [0.25, 0.3) is 0 Å². The molecule has 0 radical (unpaired) electrons. The van der Waals surface area contributed by atoms with Crippen molar-refractivity contribution in [2.75, 3.05) is 20.2 Å². The fraction of sp³-hybridized carbons (Fsp3) is 0.333. The van der Waals surface area contributed by atoms with Gasteiger partial charge in [-0.05, 0) is 6.42 Å². The predicted octanol–water partition coefficient (Wildman–Crippen LogP) is 1.67. The minimum Gasteiger partial charge on any atom is -0.468 e. The summed E-state index contributed by atoms with van der Waals surface area (Å²) in [6.07, 6.45) is 0.564. The molecule has 0 aromatic heterocycles. The van der Waals surface area contributed by atoms with Crippen LogP contribution in [0, 0.1) is 0 Å². The lowest BCUT2D eigenvalue weighted by atomic mass is 10.1. The van der Waals surface area contributed by atoms with E-state index in [0.29, 0.717) is 18.5 Å². The summed E-state index contributed by atoms with van der Waals surface area (Å²) in [5.74, 6) is -0.302. The van der Waals surface area contributed by atoms with E-state index < -0.39 is 0 Å². The van der Waals surface area contributed by atoms with Crippen LogP contribution in [-0.4, -0.2) is 42.9 Å². The van der Waals surface area contributed by atoms with Crippen LogP contribution in [0.3, 0.4) is 0 Å². The first-order valence-electron chi connectivity index (χ1n) is 6.18. The first kappa shape index (κ1) is 13.5. The molecule has 100 valence electrons. The molecule has 2 rings (SSSR count). The highest BCUT2D eigenvalue weighted by atomic mass is 16.5. The first-order valence-corrected chi connectivity index (χ1v) is 6.18. The second-order valence-corrected chi connectivity index (χ2v) is 4.69. The largest absolute Gasteiger partial charge is 0.468 e. The number of carbonyl (C=O) groups is 2. The van der Waals surface area contributed by atoms with Crippen LogP contribution < -0.4 is 0 Å². The molecule has 0 spiro atoms. The molecule has 1 aromatic carbocycles. The predicted molar refractivity (Wildman–Crippen MR) is 71.9 cm³/mol. The van der Waals surface area contributed by atoms with Crippen LogP contribution in [0.2, 0.25) is 0 Å². The van der Waals surface area contributed by atoms with Crippen molar-refractivity contribution in [1.29, 1.82) is 0 Å². The van der Waals surface area contributed by atoms with E-state index in [4.69, 9.17) is 4.74 Å². The van der Waals surface area contributed by atoms with Gasteiger partial charge in [0.05, 0.1) is 13.7 Å². The molecule has 0 bridgehead atoms. The van der Waals surface area contributed by atoms with Crippen molar-refractivity contribution < 1.29 is 14.3 Å². The number of methoxy groups -OCH3 is 1. The van der Waals surface area contributed by atoms with Gasteiger partial charge in [0.15, 0.2) is 5.78 Å². The summed E-state index contributed by atoms with van der Waals surface area (Å²) in [5, 5.41) is 0. The number of Topliss-reactive ketones (excluding diaryl/α,β-unsaturated/α-hetero) is 1. The molecule has 0 N–H and O–H groups in total. The third-order valence-electron chi connectivity index (χ3n) is 3.27. The molecule has 19 heavy (non-hydrogen) atoms. The van der Waals surface area contributed by atoms with Crippen LogP contribution in [0.4, 0.5) is 0 Å². The zero-order valence-corrected chi connectivity index (χ0v) is 11.0. The zero-order chi connectivity index (χ0) is 13.8. The maximum atomic E-state index is 12.1. The molecular weight excluding hydrogens is 242 g/mol. The van der Waals surface area contributed by atoms with Crippen LogP contribution in [0.1, 0.15) is 16.8 Å². The highest BCUT2D eigenvalue weighted by molar-refractivity contribution is 5.98. The van der Waals surface area contributed by atoms with Crippen LogP contribution in [0.15, 0.2) is 42.5 Å². The second-order valence-electron chi connectivity index (χ2n) is 4.69. The Morgan fingerprint density at radius 1 is 1.37 bits per heavy atom. The molecular formula is C15H17NO3. The fourth-order valence-electron chi connectivity index (χ4n) is 2.30. The number of ketones is 1. The quantitative estimate of drug-likeness (QED) is 0.469. The van der Waals surface area contributed by atoms with Gasteiger partial charge >= 0.3 is 5.97 Å². The first-order chi connectivity index (χ1) is 9.11. The van der Waals surface area contributed by atoms with Crippen molar-refractivity contribution in [3.63, 3.8) is 0 Å². The number of benzene rings is 1. The molecule has 1 aromatic rings. The van der Waals surface area contributed by atoms with Gasteiger partial charge in [-0.15, -0.1) is 0 Å². The SMILES string of the molecule is C=C1C[C@@H](C(=O)OC)N(CC(=O)c2ccccc2)C1. The van der Waals surface area contributed by atoms with Crippen molar-refractivity contribution in [2.24, 2.45) is 0 Å². The van der Waals surface area contributed by atoms with Crippen molar-refractivity contribution in [1.82, 2.24) is 4.90 Å². The Balaban J connectivity index is 2.07. The van der Waals surface area contributed by atoms with Gasteiger partial charge in [0.2, 0.25) is 0 Å². The molecule has 1 saturated heterocycles. The normalized spacial score (nSPS) is 19.4. The molecule has 1 aliphatic rings. The maximum Gasteiger partial charge on any atom is 0.323 e. The van der Waals surface area contributed by atoms with Gasteiger partial charge in [0, 0.05) is 12.1 Å². The average Bonchev–Trinajstić information content (AvgIpc) is 2.79. The summed E-state index contributed by atoms with van der Waals surface area (Å²) >= 11 is 0. The van der Waals surface area contributed by atoms with Crippen LogP contribution in [-0.2, 0) is 9.53 Å². The molecule has 0 aliphatic carbocycles. The molecule has 1 fully saturated rings. The zero-order valence-electron chi connectivity index (χ0n) is 11.0. The fourth-order valence-corrected chi connectivity index (χ4v) is 2.30. The summed E-state index contributed by atoms with van der Waals surface area (Å²) in [6, 6.07) is 8.69. The maximum absolute atomic E-state index is 12.1. The van der Waals surface area contributed by atoms with E-state index in [-0.39, 0.29) is 24.3 Å². The Kier molecular flexibility index (Phi) is 4.12. The van der Waals surface area contributed by atoms with Crippen molar-refractivity contribution in [3.05, 3.63) is 48.0 Å². The Bertz CT molecular complexity index is 495. The number of carbonyl (C=O) groups excluding carboxylic acids is 2. The molecule has 0 amide bonds. The lowest BCUT2D eigenvalue weighted by molar-refractivity contribution is -0.145. The monoisotopic (exact) mass is 259 g/mol. The number of nitrogens with zero attached hydrogens (tertiary/aromatic N) is 1. The molecule has 1 atom stereocenters. The Hall–Kier alpha value is -1.94. The van der Waals surface area contributed by atoms with Gasteiger partial charge in [-0.3, -0.25) is 14.5 Å². The molecule has 1 heterocycles. The molecule has 4 heteroatoms.